The Balaban J connectivity index is 2.11. The summed E-state index contributed by atoms with van der Waals surface area (Å²) in [6, 6.07) is 1.63. The van der Waals surface area contributed by atoms with Crippen LogP contribution in [0.4, 0.5) is 0 Å². The molecule has 0 amide bonds. The van der Waals surface area contributed by atoms with E-state index in [0.717, 1.165) is 0 Å². The molecular weight excluding hydrogens is 433 g/mol. The fourth-order valence-electron chi connectivity index (χ4n) is 3.01. The van der Waals surface area contributed by atoms with E-state index in [1.807, 2.05) is 0 Å². The monoisotopic (exact) mass is 462 g/mol. The minimum absolute atomic E-state index is 0.0286. The summed E-state index contributed by atoms with van der Waals surface area (Å²) in [6.45, 7) is 4.53. The van der Waals surface area contributed by atoms with E-state index in [-0.39, 0.29) is 18.2 Å². The number of hydrogen-bond acceptors (Lipinski definition) is 8. The van der Waals surface area contributed by atoms with Crippen LogP contribution in [0.15, 0.2) is 24.5 Å². The van der Waals surface area contributed by atoms with Gasteiger partial charge in [-0.25, -0.2) is 15.0 Å². The second-order valence-electron chi connectivity index (χ2n) is 7.40. The van der Waals surface area contributed by atoms with E-state index < -0.39 is 50.2 Å². The van der Waals surface area contributed by atoms with Crippen LogP contribution < -0.4 is 14.7 Å². The zero-order valence-electron chi connectivity index (χ0n) is 17.7. The Morgan fingerprint density at radius 2 is 1.94 bits per heavy atom. The number of pyridine rings is 1. The first-order valence-corrected chi connectivity index (χ1v) is 11.2. The average molecular weight is 462 g/mol. The lowest BCUT2D eigenvalue weighted by molar-refractivity contribution is -0.765. The first kappa shape index (κ1) is 25.3. The quantitative estimate of drug-likeness (QED) is 0.174. The third-order valence-electron chi connectivity index (χ3n) is 4.47. The molecule has 0 bridgehead atoms. The molecule has 1 aliphatic heterocycles. The van der Waals surface area contributed by atoms with Gasteiger partial charge >= 0.3 is 19.6 Å². The Labute approximate surface area is 179 Å². The average Bonchev–Trinajstić information content (AvgIpc) is 2.99. The van der Waals surface area contributed by atoms with E-state index >= 15 is 0 Å². The number of methoxy groups -OCH3 is 1. The van der Waals surface area contributed by atoms with Gasteiger partial charge in [-0.2, -0.15) is 4.57 Å². The molecule has 2 heterocycles. The number of aliphatic hydroxyl groups excluding tert-OH is 2. The van der Waals surface area contributed by atoms with Crippen LogP contribution in [0.1, 0.15) is 37.4 Å². The first-order valence-electron chi connectivity index (χ1n) is 9.61. The summed E-state index contributed by atoms with van der Waals surface area (Å²) in [6.07, 6.45) is -2.18. The highest BCUT2D eigenvalue weighted by Crippen LogP contribution is 2.40. The minimum Gasteiger partial charge on any atom is -0.477 e. The van der Waals surface area contributed by atoms with Crippen LogP contribution in [-0.2, 0) is 23.4 Å². The van der Waals surface area contributed by atoms with E-state index in [0.29, 0.717) is 0 Å². The molecule has 0 saturated carbocycles. The summed E-state index contributed by atoms with van der Waals surface area (Å²) in [5.41, 5.74) is -0.0286. The standard InChI is InChI=1S/C18H28N3O9P/c1-10(2)19-31(27,20-11(3)18(26)28-4)29-9-13-14(22)15(23)16(30-13)21-7-5-6-12(8-21)17(24)25/h5-8,10-11,13-16,22-23H,9H2,1-4H3,(H2-,19,20,24,25,27)/p+1/t11-,13+,14+,15+,16+,31?/m0/s1. The number of nitrogens with zero attached hydrogens (tertiary/aromatic N) is 1. The van der Waals surface area contributed by atoms with Crippen molar-refractivity contribution in [1.29, 1.82) is 0 Å². The zero-order chi connectivity index (χ0) is 23.3. The molecule has 1 aromatic heterocycles. The van der Waals surface area contributed by atoms with Crippen LogP contribution in [0.5, 0.6) is 0 Å². The molecular formula is C18H29N3O9P+. The normalized spacial score (nSPS) is 26.4. The third-order valence-corrected chi connectivity index (χ3v) is 6.56. The number of carboxylic acids is 1. The lowest BCUT2D eigenvalue weighted by Crippen LogP contribution is -2.46. The van der Waals surface area contributed by atoms with Crippen LogP contribution in [-0.4, -0.2) is 71.4 Å². The molecule has 1 aromatic rings. The zero-order valence-corrected chi connectivity index (χ0v) is 18.6. The molecule has 12 nitrogen and oxygen atoms in total. The lowest BCUT2D eigenvalue weighted by atomic mass is 10.1. The van der Waals surface area contributed by atoms with Crippen molar-refractivity contribution in [2.45, 2.75) is 57.4 Å². The van der Waals surface area contributed by atoms with Crippen LogP contribution in [0, 0.1) is 0 Å². The van der Waals surface area contributed by atoms with Crippen molar-refractivity contribution in [2.24, 2.45) is 0 Å². The van der Waals surface area contributed by atoms with Gasteiger partial charge in [-0.3, -0.25) is 9.36 Å². The van der Waals surface area contributed by atoms with Gasteiger partial charge in [-0.1, -0.05) is 0 Å². The number of carbonyl (C=O) groups excluding carboxylic acids is 1. The van der Waals surface area contributed by atoms with E-state index in [2.05, 4.69) is 14.9 Å². The number of aromatic nitrogens is 1. The fourth-order valence-corrected chi connectivity index (χ4v) is 4.88. The van der Waals surface area contributed by atoms with Gasteiger partial charge in [-0.15, -0.1) is 0 Å². The van der Waals surface area contributed by atoms with Gasteiger partial charge in [0.15, 0.2) is 18.5 Å². The number of hydrogen-bond donors (Lipinski definition) is 5. The number of carbonyl (C=O) groups is 2. The molecule has 5 N–H and O–H groups in total. The van der Waals surface area contributed by atoms with Crippen molar-refractivity contribution in [3.05, 3.63) is 30.1 Å². The second kappa shape index (κ2) is 10.6. The molecule has 1 saturated heterocycles. The summed E-state index contributed by atoms with van der Waals surface area (Å²) in [5.74, 6) is -1.80. The van der Waals surface area contributed by atoms with Gasteiger partial charge in [0.25, 0.3) is 6.23 Å². The van der Waals surface area contributed by atoms with Gasteiger partial charge in [0.1, 0.15) is 23.8 Å². The van der Waals surface area contributed by atoms with Crippen molar-refractivity contribution in [3.8, 4) is 0 Å². The Hall–Kier alpha value is -1.92. The number of esters is 1. The van der Waals surface area contributed by atoms with E-state index in [9.17, 15) is 24.4 Å². The predicted molar refractivity (Wildman–Crippen MR) is 106 cm³/mol. The molecule has 31 heavy (non-hydrogen) atoms. The summed E-state index contributed by atoms with van der Waals surface area (Å²) in [7, 11) is -2.57. The second-order valence-corrected chi connectivity index (χ2v) is 9.27. The maximum absolute atomic E-state index is 13.1. The molecule has 174 valence electrons. The number of aromatic carboxylic acids is 1. The molecule has 0 aromatic carbocycles. The molecule has 0 radical (unpaired) electrons. The number of carboxylic acid groups (broad SMARTS) is 1. The summed E-state index contributed by atoms with van der Waals surface area (Å²) in [4.78, 5) is 22.8. The van der Waals surface area contributed by atoms with Crippen molar-refractivity contribution in [3.63, 3.8) is 0 Å². The van der Waals surface area contributed by atoms with E-state index in [1.54, 1.807) is 13.8 Å². The van der Waals surface area contributed by atoms with Crippen LogP contribution in [0.3, 0.4) is 0 Å². The highest BCUT2D eigenvalue weighted by atomic mass is 31.2. The topological polar surface area (TPSA) is 168 Å². The Morgan fingerprint density at radius 1 is 1.26 bits per heavy atom. The highest BCUT2D eigenvalue weighted by Gasteiger charge is 2.49. The molecule has 1 fully saturated rings. The Bertz CT molecular complexity index is 837. The van der Waals surface area contributed by atoms with Gasteiger partial charge in [0.05, 0.1) is 13.7 Å². The van der Waals surface area contributed by atoms with Gasteiger partial charge in [-0.05, 0) is 26.8 Å². The molecule has 6 atom stereocenters. The third kappa shape index (κ3) is 6.53. The van der Waals surface area contributed by atoms with Gasteiger partial charge < -0.3 is 29.3 Å². The summed E-state index contributed by atoms with van der Waals surface area (Å²) < 4.78 is 30.2. The predicted octanol–water partition coefficient (Wildman–Crippen LogP) is -0.435. The molecule has 1 unspecified atom stereocenters. The molecule has 1 aliphatic rings. The van der Waals surface area contributed by atoms with E-state index in [4.69, 9.17) is 14.4 Å². The summed E-state index contributed by atoms with van der Waals surface area (Å²) in [5, 5.41) is 35.2. The lowest BCUT2D eigenvalue weighted by Gasteiger charge is -2.26. The van der Waals surface area contributed by atoms with Crippen LogP contribution in [0.2, 0.25) is 0 Å². The number of nitrogens with one attached hydrogen (secondary N) is 2. The Morgan fingerprint density at radius 3 is 2.52 bits per heavy atom. The SMILES string of the molecule is COC(=O)[C@H](C)NP(=O)(NC(C)C)OC[C@H]1O[C@@H]([n+]2cccc(C(=O)O)c2)[C@H](O)[C@@H]1O. The highest BCUT2D eigenvalue weighted by molar-refractivity contribution is 7.54. The van der Waals surface area contributed by atoms with Gasteiger partial charge in [0.2, 0.25) is 0 Å². The number of aliphatic hydroxyl groups is 2. The maximum atomic E-state index is 13.1. The maximum Gasteiger partial charge on any atom is 0.341 e. The smallest absolute Gasteiger partial charge is 0.341 e. The molecule has 0 aliphatic carbocycles. The van der Waals surface area contributed by atoms with Crippen molar-refractivity contribution >= 4 is 19.6 Å². The van der Waals surface area contributed by atoms with Crippen molar-refractivity contribution in [2.75, 3.05) is 13.7 Å². The van der Waals surface area contributed by atoms with E-state index in [1.165, 1.54) is 43.1 Å². The summed E-state index contributed by atoms with van der Waals surface area (Å²) >= 11 is 0. The number of rotatable bonds is 10. The largest absolute Gasteiger partial charge is 0.477 e. The molecule has 13 heteroatoms. The number of ether oxygens (including phenoxy) is 2. The van der Waals surface area contributed by atoms with Crippen LogP contribution in [0.25, 0.3) is 0 Å². The molecule has 2 rings (SSSR count). The van der Waals surface area contributed by atoms with Crippen LogP contribution >= 0.6 is 7.67 Å². The first-order chi connectivity index (χ1) is 14.5. The van der Waals surface area contributed by atoms with Crippen molar-refractivity contribution < 1.29 is 48.0 Å². The van der Waals surface area contributed by atoms with Crippen molar-refractivity contribution in [1.82, 2.24) is 10.2 Å². The van der Waals surface area contributed by atoms with Gasteiger partial charge in [0, 0.05) is 12.1 Å². The Kier molecular flexibility index (Phi) is 8.66. The fraction of sp³-hybridized carbons (Fsp3) is 0.611. The minimum atomic E-state index is -3.77. The molecule has 0 spiro atoms.